The van der Waals surface area contributed by atoms with Gasteiger partial charge in [-0.05, 0) is 25.7 Å². The van der Waals surface area contributed by atoms with Gasteiger partial charge in [0.05, 0.1) is 0 Å². The molecule has 0 radical (unpaired) electrons. The third kappa shape index (κ3) is 2.36. The predicted molar refractivity (Wildman–Crippen MR) is 64.3 cm³/mol. The van der Waals surface area contributed by atoms with Crippen molar-refractivity contribution in [2.24, 2.45) is 5.92 Å². The van der Waals surface area contributed by atoms with Crippen molar-refractivity contribution in [2.45, 2.75) is 25.8 Å². The molecule has 1 aromatic rings. The van der Waals surface area contributed by atoms with Crippen LogP contribution in [0, 0.1) is 17.2 Å². The van der Waals surface area contributed by atoms with Crippen LogP contribution >= 0.6 is 0 Å². The molecule has 0 spiro atoms. The smallest absolute Gasteiger partial charge is 0.328 e. The van der Waals surface area contributed by atoms with E-state index in [2.05, 4.69) is 4.98 Å². The van der Waals surface area contributed by atoms with Crippen molar-refractivity contribution in [3.63, 3.8) is 0 Å². The summed E-state index contributed by atoms with van der Waals surface area (Å²) < 4.78 is 6.72. The van der Waals surface area contributed by atoms with Crippen LogP contribution in [-0.4, -0.2) is 22.8 Å². The van der Waals surface area contributed by atoms with Gasteiger partial charge in [0.1, 0.15) is 11.6 Å². The third-order valence-electron chi connectivity index (χ3n) is 3.48. The Morgan fingerprint density at radius 1 is 1.50 bits per heavy atom. The van der Waals surface area contributed by atoms with Gasteiger partial charge in [0.15, 0.2) is 0 Å². The van der Waals surface area contributed by atoms with Gasteiger partial charge in [-0.2, -0.15) is 5.26 Å². The highest BCUT2D eigenvalue weighted by Crippen LogP contribution is 2.26. The quantitative estimate of drug-likeness (QED) is 0.821. The summed E-state index contributed by atoms with van der Waals surface area (Å²) >= 11 is 0. The Labute approximate surface area is 104 Å². The number of nitriles is 1. The van der Waals surface area contributed by atoms with Gasteiger partial charge in [-0.25, -0.2) is 4.79 Å². The van der Waals surface area contributed by atoms with E-state index in [0.29, 0.717) is 19.1 Å². The first kappa shape index (κ1) is 12.6. The molecule has 6 nitrogen and oxygen atoms in total. The minimum atomic E-state index is -0.627. The molecule has 2 heterocycles. The molecule has 0 saturated carbocycles. The van der Waals surface area contributed by atoms with Crippen LogP contribution in [0.2, 0.25) is 0 Å². The summed E-state index contributed by atoms with van der Waals surface area (Å²) in [7, 11) is 0. The van der Waals surface area contributed by atoms with Gasteiger partial charge < -0.3 is 4.74 Å². The van der Waals surface area contributed by atoms with Gasteiger partial charge in [0, 0.05) is 25.5 Å². The van der Waals surface area contributed by atoms with E-state index < -0.39 is 11.2 Å². The van der Waals surface area contributed by atoms with Crippen molar-refractivity contribution in [1.29, 1.82) is 5.26 Å². The van der Waals surface area contributed by atoms with Crippen LogP contribution in [0.3, 0.4) is 0 Å². The van der Waals surface area contributed by atoms with E-state index in [4.69, 9.17) is 10.00 Å². The number of nitrogens with zero attached hydrogens (tertiary/aromatic N) is 2. The summed E-state index contributed by atoms with van der Waals surface area (Å²) in [6.07, 6.45) is 3.12. The minimum Gasteiger partial charge on any atom is -0.381 e. The summed E-state index contributed by atoms with van der Waals surface area (Å²) in [5.74, 6) is 0.328. The van der Waals surface area contributed by atoms with Crippen molar-refractivity contribution >= 4 is 0 Å². The molecule has 1 saturated heterocycles. The molecule has 1 aliphatic rings. The maximum atomic E-state index is 11.8. The van der Waals surface area contributed by atoms with Crippen LogP contribution in [0.25, 0.3) is 0 Å². The lowest BCUT2D eigenvalue weighted by atomic mass is 9.93. The van der Waals surface area contributed by atoms with E-state index in [9.17, 15) is 9.59 Å². The van der Waals surface area contributed by atoms with E-state index in [1.165, 1.54) is 10.8 Å². The molecule has 18 heavy (non-hydrogen) atoms. The van der Waals surface area contributed by atoms with Crippen LogP contribution in [0.15, 0.2) is 15.8 Å². The topological polar surface area (TPSA) is 87.9 Å². The number of H-pyrrole nitrogens is 1. The average Bonchev–Trinajstić information content (AvgIpc) is 2.39. The first-order valence-corrected chi connectivity index (χ1v) is 5.97. The largest absolute Gasteiger partial charge is 0.381 e. The number of nitrogens with one attached hydrogen (secondary N) is 1. The number of rotatable bonds is 2. The zero-order valence-electron chi connectivity index (χ0n) is 10.2. The second-order valence-electron chi connectivity index (χ2n) is 4.51. The second kappa shape index (κ2) is 5.19. The Bertz CT molecular complexity index is 575. The Kier molecular flexibility index (Phi) is 3.63. The van der Waals surface area contributed by atoms with Crippen LogP contribution in [0.5, 0.6) is 0 Å². The number of aromatic amines is 1. The zero-order chi connectivity index (χ0) is 13.1. The van der Waals surface area contributed by atoms with Crippen molar-refractivity contribution in [3.8, 4) is 6.07 Å². The SMILES string of the molecule is CC(C1CCOCC1)n1cc(C#N)c(=O)[nH]c1=O. The summed E-state index contributed by atoms with van der Waals surface area (Å²) in [5, 5.41) is 8.82. The van der Waals surface area contributed by atoms with Gasteiger partial charge in [-0.3, -0.25) is 14.3 Å². The van der Waals surface area contributed by atoms with E-state index in [1.807, 2.05) is 6.92 Å². The Balaban J connectivity index is 2.35. The molecule has 96 valence electrons. The monoisotopic (exact) mass is 249 g/mol. The lowest BCUT2D eigenvalue weighted by molar-refractivity contribution is 0.0506. The summed E-state index contributed by atoms with van der Waals surface area (Å²) in [6.45, 7) is 3.31. The normalized spacial score (nSPS) is 18.2. The summed E-state index contributed by atoms with van der Waals surface area (Å²) in [6, 6.07) is 1.74. The number of hydrogen-bond donors (Lipinski definition) is 1. The molecule has 0 bridgehead atoms. The molecule has 0 aliphatic carbocycles. The van der Waals surface area contributed by atoms with Crippen LogP contribution < -0.4 is 11.2 Å². The molecular weight excluding hydrogens is 234 g/mol. The lowest BCUT2D eigenvalue weighted by Crippen LogP contribution is -2.36. The van der Waals surface area contributed by atoms with Crippen LogP contribution in [-0.2, 0) is 4.74 Å². The first-order valence-electron chi connectivity index (χ1n) is 5.97. The summed E-state index contributed by atoms with van der Waals surface area (Å²) in [4.78, 5) is 25.2. The average molecular weight is 249 g/mol. The fourth-order valence-corrected chi connectivity index (χ4v) is 2.29. The molecular formula is C12H15N3O3. The van der Waals surface area contributed by atoms with Crippen molar-refractivity contribution in [1.82, 2.24) is 9.55 Å². The fourth-order valence-electron chi connectivity index (χ4n) is 2.29. The highest BCUT2D eigenvalue weighted by atomic mass is 16.5. The molecule has 1 atom stereocenters. The predicted octanol–water partition coefficient (Wildman–Crippen LogP) is 0.396. The molecule has 1 fully saturated rings. The van der Waals surface area contributed by atoms with Crippen molar-refractivity contribution in [2.75, 3.05) is 13.2 Å². The minimum absolute atomic E-state index is 0.0338. The van der Waals surface area contributed by atoms with Crippen LogP contribution in [0.1, 0.15) is 31.4 Å². The van der Waals surface area contributed by atoms with E-state index in [-0.39, 0.29) is 11.6 Å². The maximum absolute atomic E-state index is 11.8. The molecule has 0 amide bonds. The lowest BCUT2D eigenvalue weighted by Gasteiger charge is -2.28. The van der Waals surface area contributed by atoms with Gasteiger partial charge in [0.2, 0.25) is 0 Å². The number of ether oxygens (including phenoxy) is 1. The summed E-state index contributed by atoms with van der Waals surface area (Å²) in [5.41, 5.74) is -1.12. The fraction of sp³-hybridized carbons (Fsp3) is 0.583. The highest BCUT2D eigenvalue weighted by Gasteiger charge is 2.23. The number of hydrogen-bond acceptors (Lipinski definition) is 4. The third-order valence-corrected chi connectivity index (χ3v) is 3.48. The zero-order valence-corrected chi connectivity index (χ0v) is 10.2. The Hall–Kier alpha value is -1.87. The molecule has 1 N–H and O–H groups in total. The van der Waals surface area contributed by atoms with E-state index >= 15 is 0 Å². The second-order valence-corrected chi connectivity index (χ2v) is 4.51. The van der Waals surface area contributed by atoms with Gasteiger partial charge in [-0.1, -0.05) is 0 Å². The molecule has 1 aliphatic heterocycles. The van der Waals surface area contributed by atoms with Gasteiger partial charge >= 0.3 is 5.69 Å². The first-order chi connectivity index (χ1) is 8.63. The van der Waals surface area contributed by atoms with E-state index in [0.717, 1.165) is 12.8 Å². The van der Waals surface area contributed by atoms with Crippen LogP contribution in [0.4, 0.5) is 0 Å². The Morgan fingerprint density at radius 3 is 2.78 bits per heavy atom. The van der Waals surface area contributed by atoms with E-state index in [1.54, 1.807) is 6.07 Å². The molecule has 1 aromatic heterocycles. The number of aromatic nitrogens is 2. The van der Waals surface area contributed by atoms with Crippen molar-refractivity contribution < 1.29 is 4.74 Å². The van der Waals surface area contributed by atoms with Gasteiger partial charge in [-0.15, -0.1) is 0 Å². The molecule has 2 rings (SSSR count). The van der Waals surface area contributed by atoms with Gasteiger partial charge in [0.25, 0.3) is 5.56 Å². The molecule has 0 aromatic carbocycles. The molecule has 1 unspecified atom stereocenters. The van der Waals surface area contributed by atoms with Crippen molar-refractivity contribution in [3.05, 3.63) is 32.6 Å². The standard InChI is InChI=1S/C12H15N3O3/c1-8(9-2-4-18-5-3-9)15-7-10(6-13)11(16)14-12(15)17/h7-9H,2-5H2,1H3,(H,14,16,17). The maximum Gasteiger partial charge on any atom is 0.328 e. The Morgan fingerprint density at radius 2 is 2.17 bits per heavy atom. The molecule has 6 heteroatoms. The highest BCUT2D eigenvalue weighted by molar-refractivity contribution is 5.21.